The maximum Gasteiger partial charge on any atom is 0.239 e. The van der Waals surface area contributed by atoms with Gasteiger partial charge in [0.25, 0.3) is 0 Å². The molecule has 2 aromatic heterocycles. The standard InChI is InChI=1S/C19H22N4O2/c1-13(17-10-7-11-25-17)21-18(24)12-20-19-14(2)22-23(15(19)3)16-8-5-4-6-9-16/h4-11,13,20H,12H2,1-3H3,(H,21,24)/t13-/m1/s1. The van der Waals surface area contributed by atoms with Crippen LogP contribution in [0.5, 0.6) is 0 Å². The van der Waals surface area contributed by atoms with Gasteiger partial charge in [0, 0.05) is 0 Å². The van der Waals surface area contributed by atoms with Gasteiger partial charge in [0.15, 0.2) is 0 Å². The predicted molar refractivity (Wildman–Crippen MR) is 96.8 cm³/mol. The Hall–Kier alpha value is -3.02. The normalized spacial score (nSPS) is 12.0. The monoisotopic (exact) mass is 338 g/mol. The Balaban J connectivity index is 1.65. The molecule has 130 valence electrons. The molecule has 6 nitrogen and oxygen atoms in total. The van der Waals surface area contributed by atoms with E-state index < -0.39 is 0 Å². The van der Waals surface area contributed by atoms with Gasteiger partial charge in [0.05, 0.1) is 41.6 Å². The van der Waals surface area contributed by atoms with Crippen LogP contribution in [-0.4, -0.2) is 22.2 Å². The molecule has 2 heterocycles. The first-order chi connectivity index (χ1) is 12.1. The van der Waals surface area contributed by atoms with E-state index in [2.05, 4.69) is 15.7 Å². The van der Waals surface area contributed by atoms with E-state index in [1.54, 1.807) is 12.3 Å². The van der Waals surface area contributed by atoms with Gasteiger partial charge in [-0.3, -0.25) is 4.79 Å². The summed E-state index contributed by atoms with van der Waals surface area (Å²) in [7, 11) is 0. The zero-order valence-corrected chi connectivity index (χ0v) is 14.6. The zero-order chi connectivity index (χ0) is 17.8. The van der Waals surface area contributed by atoms with Gasteiger partial charge in [-0.1, -0.05) is 18.2 Å². The lowest BCUT2D eigenvalue weighted by Gasteiger charge is -2.12. The van der Waals surface area contributed by atoms with Crippen LogP contribution in [0.15, 0.2) is 53.1 Å². The maximum absolute atomic E-state index is 12.2. The number of anilines is 1. The fourth-order valence-electron chi connectivity index (χ4n) is 2.79. The van der Waals surface area contributed by atoms with Crippen molar-refractivity contribution in [3.8, 4) is 5.69 Å². The molecule has 25 heavy (non-hydrogen) atoms. The van der Waals surface area contributed by atoms with E-state index in [0.717, 1.165) is 28.5 Å². The Labute approximate surface area is 146 Å². The smallest absolute Gasteiger partial charge is 0.239 e. The largest absolute Gasteiger partial charge is 0.467 e. The lowest BCUT2D eigenvalue weighted by Crippen LogP contribution is -2.32. The van der Waals surface area contributed by atoms with Gasteiger partial charge in [0.1, 0.15) is 5.76 Å². The summed E-state index contributed by atoms with van der Waals surface area (Å²) in [5.74, 6) is 0.632. The lowest BCUT2D eigenvalue weighted by atomic mass is 10.2. The second-order valence-electron chi connectivity index (χ2n) is 5.95. The fraction of sp³-hybridized carbons (Fsp3) is 0.263. The Bertz CT molecular complexity index is 838. The van der Waals surface area contributed by atoms with Gasteiger partial charge >= 0.3 is 0 Å². The van der Waals surface area contributed by atoms with Crippen LogP contribution in [0.3, 0.4) is 0 Å². The Kier molecular flexibility index (Phi) is 4.88. The molecule has 6 heteroatoms. The number of amides is 1. The third-order valence-corrected chi connectivity index (χ3v) is 4.07. The maximum atomic E-state index is 12.2. The molecule has 1 aromatic carbocycles. The second-order valence-corrected chi connectivity index (χ2v) is 5.95. The van der Waals surface area contributed by atoms with Crippen molar-refractivity contribution in [1.82, 2.24) is 15.1 Å². The molecular weight excluding hydrogens is 316 g/mol. The van der Waals surface area contributed by atoms with Gasteiger partial charge in [-0.05, 0) is 45.0 Å². The number of hydrogen-bond donors (Lipinski definition) is 2. The van der Waals surface area contributed by atoms with Crippen molar-refractivity contribution in [3.63, 3.8) is 0 Å². The van der Waals surface area contributed by atoms with Crippen molar-refractivity contribution in [2.24, 2.45) is 0 Å². The molecule has 0 unspecified atom stereocenters. The predicted octanol–water partition coefficient (Wildman–Crippen LogP) is 3.37. The van der Waals surface area contributed by atoms with E-state index in [-0.39, 0.29) is 18.5 Å². The molecule has 0 aliphatic heterocycles. The van der Waals surface area contributed by atoms with Gasteiger partial charge in [-0.2, -0.15) is 5.10 Å². The summed E-state index contributed by atoms with van der Waals surface area (Å²) in [5, 5.41) is 10.7. The van der Waals surface area contributed by atoms with E-state index >= 15 is 0 Å². The molecule has 0 fully saturated rings. The number of furan rings is 1. The molecule has 0 bridgehead atoms. The minimum atomic E-state index is -0.168. The minimum Gasteiger partial charge on any atom is -0.467 e. The van der Waals surface area contributed by atoms with Gasteiger partial charge in [0.2, 0.25) is 5.91 Å². The summed E-state index contributed by atoms with van der Waals surface area (Å²) in [6, 6.07) is 13.4. The third-order valence-electron chi connectivity index (χ3n) is 4.07. The summed E-state index contributed by atoms with van der Waals surface area (Å²) in [5.41, 5.74) is 3.69. The van der Waals surface area contributed by atoms with Crippen LogP contribution in [0.1, 0.15) is 30.1 Å². The van der Waals surface area contributed by atoms with E-state index in [9.17, 15) is 4.79 Å². The lowest BCUT2D eigenvalue weighted by molar-refractivity contribution is -0.120. The molecule has 1 atom stereocenters. The molecule has 0 spiro atoms. The van der Waals surface area contributed by atoms with Crippen molar-refractivity contribution in [1.29, 1.82) is 0 Å². The number of aromatic nitrogens is 2. The number of hydrogen-bond acceptors (Lipinski definition) is 4. The molecule has 0 radical (unpaired) electrons. The number of nitrogens with one attached hydrogen (secondary N) is 2. The highest BCUT2D eigenvalue weighted by Crippen LogP contribution is 2.22. The molecule has 3 rings (SSSR count). The van der Waals surface area contributed by atoms with E-state index in [0.29, 0.717) is 0 Å². The number of carbonyl (C=O) groups excluding carboxylic acids is 1. The minimum absolute atomic E-state index is 0.102. The average molecular weight is 338 g/mol. The van der Waals surface area contributed by atoms with Crippen LogP contribution >= 0.6 is 0 Å². The first-order valence-corrected chi connectivity index (χ1v) is 8.24. The summed E-state index contributed by atoms with van der Waals surface area (Å²) >= 11 is 0. The summed E-state index contributed by atoms with van der Waals surface area (Å²) < 4.78 is 7.18. The summed E-state index contributed by atoms with van der Waals surface area (Å²) in [6.45, 7) is 5.98. The van der Waals surface area contributed by atoms with Gasteiger partial charge in [-0.25, -0.2) is 4.68 Å². The number of nitrogens with zero attached hydrogens (tertiary/aromatic N) is 2. The first-order valence-electron chi connectivity index (χ1n) is 8.24. The van der Waals surface area contributed by atoms with Crippen molar-refractivity contribution in [2.45, 2.75) is 26.8 Å². The number of rotatable bonds is 6. The van der Waals surface area contributed by atoms with Crippen LogP contribution in [0, 0.1) is 13.8 Å². The molecule has 0 saturated heterocycles. The molecule has 0 aliphatic rings. The number of para-hydroxylation sites is 1. The Morgan fingerprint density at radius 1 is 1.20 bits per heavy atom. The zero-order valence-electron chi connectivity index (χ0n) is 14.6. The molecule has 0 saturated carbocycles. The molecule has 1 amide bonds. The molecule has 3 aromatic rings. The van der Waals surface area contributed by atoms with Gasteiger partial charge in [-0.15, -0.1) is 0 Å². The third kappa shape index (κ3) is 3.74. The van der Waals surface area contributed by atoms with Crippen LogP contribution in [0.4, 0.5) is 5.69 Å². The topological polar surface area (TPSA) is 72.1 Å². The molecular formula is C19H22N4O2. The average Bonchev–Trinajstić information content (AvgIpc) is 3.23. The van der Waals surface area contributed by atoms with Gasteiger partial charge < -0.3 is 15.1 Å². The van der Waals surface area contributed by atoms with Crippen molar-refractivity contribution >= 4 is 11.6 Å². The van der Waals surface area contributed by atoms with Crippen molar-refractivity contribution in [3.05, 3.63) is 65.9 Å². The molecule has 2 N–H and O–H groups in total. The van der Waals surface area contributed by atoms with Crippen LogP contribution < -0.4 is 10.6 Å². The van der Waals surface area contributed by atoms with E-state index in [1.165, 1.54) is 0 Å². The highest BCUT2D eigenvalue weighted by molar-refractivity contribution is 5.81. The van der Waals surface area contributed by atoms with E-state index in [1.807, 2.05) is 61.9 Å². The summed E-state index contributed by atoms with van der Waals surface area (Å²) in [4.78, 5) is 12.2. The fourth-order valence-corrected chi connectivity index (χ4v) is 2.79. The van der Waals surface area contributed by atoms with Crippen LogP contribution in [0.2, 0.25) is 0 Å². The number of benzene rings is 1. The number of carbonyl (C=O) groups is 1. The highest BCUT2D eigenvalue weighted by atomic mass is 16.3. The highest BCUT2D eigenvalue weighted by Gasteiger charge is 2.15. The SMILES string of the molecule is Cc1nn(-c2ccccc2)c(C)c1NCC(=O)N[C@H](C)c1ccco1. The summed E-state index contributed by atoms with van der Waals surface area (Å²) in [6.07, 6.45) is 1.60. The Morgan fingerprint density at radius 2 is 1.96 bits per heavy atom. The first kappa shape index (κ1) is 16.8. The van der Waals surface area contributed by atoms with Crippen molar-refractivity contribution < 1.29 is 9.21 Å². The van der Waals surface area contributed by atoms with Crippen LogP contribution in [0.25, 0.3) is 5.69 Å². The molecule has 0 aliphatic carbocycles. The van der Waals surface area contributed by atoms with E-state index in [4.69, 9.17) is 4.42 Å². The van der Waals surface area contributed by atoms with Crippen LogP contribution in [-0.2, 0) is 4.79 Å². The number of aryl methyl sites for hydroxylation is 1. The van der Waals surface area contributed by atoms with Crippen molar-refractivity contribution in [2.75, 3.05) is 11.9 Å². The Morgan fingerprint density at radius 3 is 2.64 bits per heavy atom. The second kappa shape index (κ2) is 7.25. The quantitative estimate of drug-likeness (QED) is 0.723.